The maximum Gasteiger partial charge on any atom is 0.344 e. The fourth-order valence-electron chi connectivity index (χ4n) is 4.45. The first-order chi connectivity index (χ1) is 19.8. The highest BCUT2D eigenvalue weighted by Gasteiger charge is 2.32. The summed E-state index contributed by atoms with van der Waals surface area (Å²) in [6, 6.07) is 22.5. The van der Waals surface area contributed by atoms with Crippen LogP contribution in [0.25, 0.3) is 6.08 Å². The van der Waals surface area contributed by atoms with E-state index in [1.807, 2.05) is 30.3 Å². The Labute approximate surface area is 244 Å². The Morgan fingerprint density at radius 2 is 1.76 bits per heavy atom. The molecule has 8 nitrogen and oxygen atoms in total. The minimum atomic E-state index is -0.701. The SMILES string of the molecule is CCOC(=O)COc1ccc(C=c2sc3n(c2=O)[C@@H](c2ccc(Cl)cc2)C(C(=O)Nc2ccccc2)=C(C)N=3)cc1. The Morgan fingerprint density at radius 1 is 1.05 bits per heavy atom. The molecule has 0 saturated carbocycles. The number of allylic oxidation sites excluding steroid dienone is 1. The van der Waals surface area contributed by atoms with E-state index >= 15 is 0 Å². The van der Waals surface area contributed by atoms with Crippen molar-refractivity contribution in [2.24, 2.45) is 4.99 Å². The highest BCUT2D eigenvalue weighted by atomic mass is 35.5. The van der Waals surface area contributed by atoms with Crippen molar-refractivity contribution in [2.45, 2.75) is 19.9 Å². The number of anilines is 1. The number of fused-ring (bicyclic) bond motifs is 1. The van der Waals surface area contributed by atoms with Crippen molar-refractivity contribution in [3.05, 3.63) is 126 Å². The minimum absolute atomic E-state index is 0.185. The van der Waals surface area contributed by atoms with E-state index in [0.29, 0.717) is 37.1 Å². The Bertz CT molecular complexity index is 1790. The first-order valence-corrected chi connectivity index (χ1v) is 14.1. The molecule has 2 heterocycles. The van der Waals surface area contributed by atoms with E-state index in [9.17, 15) is 14.4 Å². The van der Waals surface area contributed by atoms with Crippen molar-refractivity contribution < 1.29 is 19.1 Å². The second-order valence-corrected chi connectivity index (χ2v) is 10.6. The second-order valence-electron chi connectivity index (χ2n) is 9.12. The van der Waals surface area contributed by atoms with Crippen molar-refractivity contribution in [1.82, 2.24) is 4.57 Å². The van der Waals surface area contributed by atoms with Crippen LogP contribution in [0.3, 0.4) is 0 Å². The third-order valence-corrected chi connectivity index (χ3v) is 7.56. The van der Waals surface area contributed by atoms with Crippen molar-refractivity contribution in [3.63, 3.8) is 0 Å². The fourth-order valence-corrected chi connectivity index (χ4v) is 5.62. The second kappa shape index (κ2) is 12.4. The zero-order valence-corrected chi connectivity index (χ0v) is 23.9. The number of nitrogens with zero attached hydrogens (tertiary/aromatic N) is 2. The molecule has 1 amide bonds. The number of carbonyl (C=O) groups is 2. The van der Waals surface area contributed by atoms with Gasteiger partial charge in [0.2, 0.25) is 0 Å². The first kappa shape index (κ1) is 28.1. The number of rotatable bonds is 8. The van der Waals surface area contributed by atoms with Gasteiger partial charge in [-0.1, -0.05) is 65.4 Å². The molecule has 3 aromatic carbocycles. The summed E-state index contributed by atoms with van der Waals surface area (Å²) < 4.78 is 12.3. The van der Waals surface area contributed by atoms with Gasteiger partial charge in [0, 0.05) is 10.7 Å². The standard InChI is InChI=1S/C31H26ClN3O5S/c1-3-39-26(36)18-40-24-15-9-20(10-16-24)17-25-30(38)35-28(21-11-13-22(32)14-12-21)27(19(2)33-31(35)41-25)29(37)34-23-7-5-4-6-8-23/h4-17,28H,3,18H2,1-2H3,(H,34,37)/t28-/m0/s1. The number of halogens is 1. The number of para-hydroxylation sites is 1. The molecule has 0 bridgehead atoms. The highest BCUT2D eigenvalue weighted by Crippen LogP contribution is 2.31. The molecule has 1 aliphatic rings. The molecular weight excluding hydrogens is 562 g/mol. The van der Waals surface area contributed by atoms with Crippen LogP contribution in [0.5, 0.6) is 5.75 Å². The summed E-state index contributed by atoms with van der Waals surface area (Å²) in [4.78, 5) is 44.1. The van der Waals surface area contributed by atoms with Crippen LogP contribution in [0, 0.1) is 0 Å². The van der Waals surface area contributed by atoms with Gasteiger partial charge >= 0.3 is 5.97 Å². The van der Waals surface area contributed by atoms with Crippen molar-refractivity contribution in [2.75, 3.05) is 18.5 Å². The summed E-state index contributed by atoms with van der Waals surface area (Å²) >= 11 is 7.41. The molecule has 4 aromatic rings. The van der Waals surface area contributed by atoms with Crippen LogP contribution >= 0.6 is 22.9 Å². The molecule has 1 atom stereocenters. The molecule has 1 aliphatic heterocycles. The molecule has 0 unspecified atom stereocenters. The summed E-state index contributed by atoms with van der Waals surface area (Å²) in [5, 5.41) is 3.48. The normalized spacial score (nSPS) is 14.7. The molecule has 1 aromatic heterocycles. The molecule has 5 rings (SSSR count). The number of carbonyl (C=O) groups excluding carboxylic acids is 2. The number of hydrogen-bond donors (Lipinski definition) is 1. The van der Waals surface area contributed by atoms with Gasteiger partial charge in [0.05, 0.1) is 28.5 Å². The molecule has 0 saturated heterocycles. The van der Waals surface area contributed by atoms with E-state index in [1.54, 1.807) is 73.0 Å². The van der Waals surface area contributed by atoms with Gasteiger partial charge in [-0.2, -0.15) is 0 Å². The molecule has 0 spiro atoms. The average molecular weight is 588 g/mol. The number of ether oxygens (including phenoxy) is 2. The zero-order chi connectivity index (χ0) is 28.9. The molecule has 0 aliphatic carbocycles. The van der Waals surface area contributed by atoms with Gasteiger partial charge in [0.15, 0.2) is 11.4 Å². The maximum absolute atomic E-state index is 13.8. The van der Waals surface area contributed by atoms with Gasteiger partial charge in [-0.3, -0.25) is 14.2 Å². The predicted molar refractivity (Wildman–Crippen MR) is 159 cm³/mol. The van der Waals surface area contributed by atoms with E-state index in [1.165, 1.54) is 11.3 Å². The van der Waals surface area contributed by atoms with Gasteiger partial charge in [0.1, 0.15) is 5.75 Å². The Kier molecular flexibility index (Phi) is 8.47. The number of amides is 1. The predicted octanol–water partition coefficient (Wildman–Crippen LogP) is 4.47. The van der Waals surface area contributed by atoms with Gasteiger partial charge < -0.3 is 14.8 Å². The monoisotopic (exact) mass is 587 g/mol. The van der Waals surface area contributed by atoms with E-state index in [-0.39, 0.29) is 24.7 Å². The largest absolute Gasteiger partial charge is 0.482 e. The topological polar surface area (TPSA) is 99.0 Å². The van der Waals surface area contributed by atoms with Gasteiger partial charge in [-0.15, -0.1) is 0 Å². The van der Waals surface area contributed by atoms with Crippen molar-refractivity contribution in [3.8, 4) is 5.75 Å². The number of aromatic nitrogens is 1. The van der Waals surface area contributed by atoms with E-state index < -0.39 is 12.0 Å². The Balaban J connectivity index is 1.52. The minimum Gasteiger partial charge on any atom is -0.482 e. The van der Waals surface area contributed by atoms with E-state index in [0.717, 1.165) is 11.1 Å². The highest BCUT2D eigenvalue weighted by molar-refractivity contribution is 7.07. The Morgan fingerprint density at radius 3 is 2.44 bits per heavy atom. The number of thiazole rings is 1. The van der Waals surface area contributed by atoms with Crippen LogP contribution < -0.4 is 24.9 Å². The summed E-state index contributed by atoms with van der Waals surface area (Å²) in [7, 11) is 0. The van der Waals surface area contributed by atoms with Gasteiger partial charge in [0.25, 0.3) is 11.5 Å². The summed E-state index contributed by atoms with van der Waals surface area (Å²) in [5.74, 6) is -0.283. The Hall–Kier alpha value is -4.47. The molecule has 10 heteroatoms. The molecule has 0 fully saturated rings. The summed E-state index contributed by atoms with van der Waals surface area (Å²) in [6.07, 6.45) is 1.76. The number of benzene rings is 3. The molecule has 1 N–H and O–H groups in total. The lowest BCUT2D eigenvalue weighted by atomic mass is 9.95. The van der Waals surface area contributed by atoms with Gasteiger partial charge in [-0.25, -0.2) is 9.79 Å². The van der Waals surface area contributed by atoms with Crippen LogP contribution in [0.2, 0.25) is 5.02 Å². The third-order valence-electron chi connectivity index (χ3n) is 6.32. The van der Waals surface area contributed by atoms with E-state index in [4.69, 9.17) is 21.1 Å². The number of nitrogens with one attached hydrogen (secondary N) is 1. The lowest BCUT2D eigenvalue weighted by molar-refractivity contribution is -0.145. The average Bonchev–Trinajstić information content (AvgIpc) is 3.27. The number of hydrogen-bond acceptors (Lipinski definition) is 7. The quantitative estimate of drug-likeness (QED) is 0.307. The van der Waals surface area contributed by atoms with Crippen LogP contribution in [0.1, 0.15) is 31.0 Å². The fraction of sp³-hybridized carbons (Fsp3) is 0.161. The van der Waals surface area contributed by atoms with Gasteiger partial charge in [-0.05, 0) is 67.4 Å². The molecule has 41 heavy (non-hydrogen) atoms. The van der Waals surface area contributed by atoms with Crippen molar-refractivity contribution in [1.29, 1.82) is 0 Å². The van der Waals surface area contributed by atoms with Crippen LogP contribution in [0.15, 0.2) is 99.9 Å². The third kappa shape index (κ3) is 6.32. The lowest BCUT2D eigenvalue weighted by Gasteiger charge is -2.25. The van der Waals surface area contributed by atoms with Crippen LogP contribution in [-0.2, 0) is 14.3 Å². The van der Waals surface area contributed by atoms with E-state index in [2.05, 4.69) is 10.3 Å². The number of esters is 1. The molecule has 0 radical (unpaired) electrons. The summed E-state index contributed by atoms with van der Waals surface area (Å²) in [6.45, 7) is 3.61. The van der Waals surface area contributed by atoms with Crippen LogP contribution in [0.4, 0.5) is 5.69 Å². The smallest absolute Gasteiger partial charge is 0.344 e. The summed E-state index contributed by atoms with van der Waals surface area (Å²) in [5.41, 5.74) is 2.76. The molecule has 208 valence electrons. The van der Waals surface area contributed by atoms with Crippen LogP contribution in [-0.4, -0.2) is 29.7 Å². The molecular formula is C31H26ClN3O5S. The first-order valence-electron chi connectivity index (χ1n) is 12.9. The zero-order valence-electron chi connectivity index (χ0n) is 22.3. The lowest BCUT2D eigenvalue weighted by Crippen LogP contribution is -2.40. The maximum atomic E-state index is 13.8. The van der Waals surface area contributed by atoms with Crippen molar-refractivity contribution >= 4 is 46.6 Å².